The van der Waals surface area contributed by atoms with E-state index in [1.165, 1.54) is 12.8 Å². The second-order valence-corrected chi connectivity index (χ2v) is 11.5. The van der Waals surface area contributed by atoms with E-state index in [0.717, 1.165) is 42.0 Å². The van der Waals surface area contributed by atoms with Crippen LogP contribution in [0.3, 0.4) is 0 Å². The molecule has 0 bridgehead atoms. The Bertz CT molecular complexity index is 849. The van der Waals surface area contributed by atoms with E-state index in [0.29, 0.717) is 24.3 Å². The fourth-order valence-corrected chi connectivity index (χ4v) is 4.86. The second kappa shape index (κ2) is 13.6. The minimum Gasteiger partial charge on any atom is -0.494 e. The van der Waals surface area contributed by atoms with Crippen LogP contribution in [0.4, 0.5) is 0 Å². The van der Waals surface area contributed by atoms with Gasteiger partial charge in [0.05, 0.1) is 31.5 Å². The number of halogens is 1. The molecule has 33 heavy (non-hydrogen) atoms. The van der Waals surface area contributed by atoms with Crippen LogP contribution in [0.1, 0.15) is 54.9 Å². The lowest BCUT2D eigenvalue weighted by molar-refractivity contribution is -0.113. The molecule has 0 aliphatic carbocycles. The largest absolute Gasteiger partial charge is 0.494 e. The zero-order valence-electron chi connectivity index (χ0n) is 19.7. The maximum Gasteiger partial charge on any atom is 0.119 e. The van der Waals surface area contributed by atoms with Gasteiger partial charge >= 0.3 is 0 Å². The average Bonchev–Trinajstić information content (AvgIpc) is 2.80. The summed E-state index contributed by atoms with van der Waals surface area (Å²) in [4.78, 5) is 0. The maximum absolute atomic E-state index is 10.1. The third kappa shape index (κ3) is 8.83. The molecule has 0 aromatic heterocycles. The molecule has 0 amide bonds. The molecular formula is C26H37ClNO4P. The highest BCUT2D eigenvalue weighted by atomic mass is 35.5. The highest BCUT2D eigenvalue weighted by molar-refractivity contribution is 7.53. The van der Waals surface area contributed by atoms with Crippen molar-refractivity contribution in [2.75, 3.05) is 33.1 Å². The first kappa shape index (κ1) is 26.4. The van der Waals surface area contributed by atoms with E-state index in [9.17, 15) is 10.2 Å². The van der Waals surface area contributed by atoms with Crippen LogP contribution in [-0.4, -0.2) is 55.5 Å². The van der Waals surface area contributed by atoms with Crippen molar-refractivity contribution in [1.82, 2.24) is 5.09 Å². The quantitative estimate of drug-likeness (QED) is 0.276. The Morgan fingerprint density at radius 1 is 1.09 bits per heavy atom. The van der Waals surface area contributed by atoms with E-state index in [2.05, 4.69) is 36.6 Å². The first-order valence-corrected chi connectivity index (χ1v) is 14.4. The molecule has 182 valence electrons. The molecule has 5 nitrogen and oxygen atoms in total. The molecule has 1 saturated heterocycles. The highest BCUT2D eigenvalue weighted by Gasteiger charge is 2.29. The van der Waals surface area contributed by atoms with Gasteiger partial charge in [-0.15, -0.1) is 0 Å². The summed E-state index contributed by atoms with van der Waals surface area (Å²) >= 11 is 6.48. The molecule has 2 aromatic rings. The predicted molar refractivity (Wildman–Crippen MR) is 137 cm³/mol. The van der Waals surface area contributed by atoms with E-state index in [1.807, 2.05) is 24.3 Å². The minimum absolute atomic E-state index is 0.0101. The maximum atomic E-state index is 10.1. The van der Waals surface area contributed by atoms with Crippen molar-refractivity contribution in [3.8, 4) is 5.75 Å². The standard InChI is InChI=1S/C26H37ClNO4P/c1-33(2)28-12-4-3-5-13-31-23-9-6-19(7-10-23)14-21-15-20(8-11-25(21)27)26-17-22(30)16-24(18-29)32-26/h6-11,15,22,24,26,28-30H,3-5,12-14,16-18H2,1-2H3. The Kier molecular flexibility index (Phi) is 10.9. The number of benzene rings is 2. The van der Waals surface area contributed by atoms with E-state index in [4.69, 9.17) is 21.1 Å². The van der Waals surface area contributed by atoms with Crippen LogP contribution in [0, 0.1) is 0 Å². The number of rotatable bonds is 12. The summed E-state index contributed by atoms with van der Waals surface area (Å²) in [6.45, 7) is 6.21. The number of ether oxygens (including phenoxy) is 2. The number of aliphatic hydroxyl groups is 2. The minimum atomic E-state index is -0.468. The highest BCUT2D eigenvalue weighted by Crippen LogP contribution is 2.33. The number of hydrogen-bond acceptors (Lipinski definition) is 5. The van der Waals surface area contributed by atoms with Crippen LogP contribution in [-0.2, 0) is 11.2 Å². The number of aliphatic hydroxyl groups excluding tert-OH is 2. The third-order valence-electron chi connectivity index (χ3n) is 5.86. The molecule has 7 heteroatoms. The Morgan fingerprint density at radius 2 is 1.88 bits per heavy atom. The molecule has 3 rings (SSSR count). The van der Waals surface area contributed by atoms with Gasteiger partial charge in [-0.05, 0) is 88.5 Å². The molecule has 3 unspecified atom stereocenters. The molecule has 1 heterocycles. The zero-order valence-corrected chi connectivity index (χ0v) is 21.3. The van der Waals surface area contributed by atoms with Crippen molar-refractivity contribution in [2.24, 2.45) is 0 Å². The molecule has 0 saturated carbocycles. The van der Waals surface area contributed by atoms with Gasteiger partial charge in [0.2, 0.25) is 0 Å². The summed E-state index contributed by atoms with van der Waals surface area (Å²) in [7, 11) is -0.0101. The molecular weight excluding hydrogens is 457 g/mol. The molecule has 3 N–H and O–H groups in total. The van der Waals surface area contributed by atoms with Gasteiger partial charge in [0.15, 0.2) is 0 Å². The SMILES string of the molecule is CP(C)NCCCCCOc1ccc(Cc2cc(C3CC(O)CC(CO)O3)ccc2Cl)cc1. The monoisotopic (exact) mass is 493 g/mol. The first-order valence-electron chi connectivity index (χ1n) is 11.8. The van der Waals surface area contributed by atoms with Gasteiger partial charge in [0, 0.05) is 17.9 Å². The van der Waals surface area contributed by atoms with Gasteiger partial charge in [0.25, 0.3) is 0 Å². The summed E-state index contributed by atoms with van der Waals surface area (Å²) in [5.74, 6) is 0.891. The number of hydrogen-bond donors (Lipinski definition) is 3. The van der Waals surface area contributed by atoms with Gasteiger partial charge < -0.3 is 19.7 Å². The van der Waals surface area contributed by atoms with E-state index >= 15 is 0 Å². The Labute approximate surface area is 204 Å². The summed E-state index contributed by atoms with van der Waals surface area (Å²) in [5, 5.41) is 23.8. The summed E-state index contributed by atoms with van der Waals surface area (Å²) < 4.78 is 11.8. The Balaban J connectivity index is 1.51. The lowest BCUT2D eigenvalue weighted by Gasteiger charge is -2.32. The van der Waals surface area contributed by atoms with Crippen molar-refractivity contribution in [3.05, 3.63) is 64.2 Å². The Morgan fingerprint density at radius 3 is 2.61 bits per heavy atom. The topological polar surface area (TPSA) is 71.0 Å². The lowest BCUT2D eigenvalue weighted by atomic mass is 9.94. The molecule has 3 atom stereocenters. The fraction of sp³-hybridized carbons (Fsp3) is 0.538. The van der Waals surface area contributed by atoms with Crippen LogP contribution in [0.15, 0.2) is 42.5 Å². The Hall–Kier alpha value is -1.20. The van der Waals surface area contributed by atoms with Crippen LogP contribution in [0.25, 0.3) is 0 Å². The van der Waals surface area contributed by atoms with Crippen molar-refractivity contribution in [3.63, 3.8) is 0 Å². The van der Waals surface area contributed by atoms with Gasteiger partial charge in [-0.25, -0.2) is 0 Å². The van der Waals surface area contributed by atoms with Crippen molar-refractivity contribution >= 4 is 19.7 Å². The average molecular weight is 494 g/mol. The molecule has 0 spiro atoms. The molecule has 2 aromatic carbocycles. The van der Waals surface area contributed by atoms with E-state index < -0.39 is 6.10 Å². The number of unbranched alkanes of at least 4 members (excludes halogenated alkanes) is 2. The summed E-state index contributed by atoms with van der Waals surface area (Å²) in [6, 6.07) is 14.1. The molecule has 1 aliphatic heterocycles. The molecule has 1 fully saturated rings. The van der Waals surface area contributed by atoms with Crippen molar-refractivity contribution in [1.29, 1.82) is 0 Å². The zero-order chi connectivity index (χ0) is 23.6. The van der Waals surface area contributed by atoms with Crippen molar-refractivity contribution in [2.45, 2.75) is 56.8 Å². The van der Waals surface area contributed by atoms with Crippen LogP contribution in [0.2, 0.25) is 5.02 Å². The van der Waals surface area contributed by atoms with Crippen LogP contribution in [0.5, 0.6) is 5.75 Å². The smallest absolute Gasteiger partial charge is 0.119 e. The molecule has 0 radical (unpaired) electrons. The fourth-order valence-electron chi connectivity index (χ4n) is 4.07. The van der Waals surface area contributed by atoms with Gasteiger partial charge in [-0.3, -0.25) is 5.09 Å². The number of nitrogens with one attached hydrogen (secondary N) is 1. The molecule has 1 aliphatic rings. The third-order valence-corrected chi connectivity index (χ3v) is 7.08. The summed E-state index contributed by atoms with van der Waals surface area (Å²) in [5.41, 5.74) is 3.15. The van der Waals surface area contributed by atoms with Crippen LogP contribution >= 0.6 is 19.7 Å². The van der Waals surface area contributed by atoms with Gasteiger partial charge in [-0.2, -0.15) is 0 Å². The lowest BCUT2D eigenvalue weighted by Crippen LogP contribution is -2.33. The van der Waals surface area contributed by atoms with Crippen LogP contribution < -0.4 is 9.82 Å². The van der Waals surface area contributed by atoms with E-state index in [1.54, 1.807) is 0 Å². The van der Waals surface area contributed by atoms with Gasteiger partial charge in [0.1, 0.15) is 5.75 Å². The first-order chi connectivity index (χ1) is 15.9. The van der Waals surface area contributed by atoms with Crippen molar-refractivity contribution < 1.29 is 19.7 Å². The van der Waals surface area contributed by atoms with E-state index in [-0.39, 0.29) is 26.9 Å². The van der Waals surface area contributed by atoms with Gasteiger partial charge in [-0.1, -0.05) is 35.9 Å². The predicted octanol–water partition coefficient (Wildman–Crippen LogP) is 5.30. The second-order valence-electron chi connectivity index (χ2n) is 8.94. The normalized spacial score (nSPS) is 20.8. The summed E-state index contributed by atoms with van der Waals surface area (Å²) in [6.07, 6.45) is 4.09.